The molecule has 0 radical (unpaired) electrons. The van der Waals surface area contributed by atoms with Crippen molar-refractivity contribution in [3.8, 4) is 0 Å². The first-order valence-electron chi connectivity index (χ1n) is 7.79. The molecule has 0 aromatic carbocycles. The van der Waals surface area contributed by atoms with Crippen molar-refractivity contribution in [2.24, 2.45) is 5.92 Å². The van der Waals surface area contributed by atoms with E-state index in [1.54, 1.807) is 18.7 Å². The van der Waals surface area contributed by atoms with Crippen LogP contribution in [0.25, 0.3) is 0 Å². The van der Waals surface area contributed by atoms with Crippen LogP contribution in [0.3, 0.4) is 0 Å². The van der Waals surface area contributed by atoms with Crippen LogP contribution in [0.15, 0.2) is 4.42 Å². The summed E-state index contributed by atoms with van der Waals surface area (Å²) in [7, 11) is 0. The van der Waals surface area contributed by atoms with Gasteiger partial charge in [0.1, 0.15) is 6.10 Å². The van der Waals surface area contributed by atoms with E-state index in [9.17, 15) is 4.79 Å². The summed E-state index contributed by atoms with van der Waals surface area (Å²) in [6, 6.07) is 0. The highest BCUT2D eigenvalue weighted by molar-refractivity contribution is 5.80. The largest absolute Gasteiger partial charge is 0.423 e. The van der Waals surface area contributed by atoms with Gasteiger partial charge in [0, 0.05) is 20.1 Å². The Bertz CT molecular complexity index is 489. The molecule has 1 saturated heterocycles. The van der Waals surface area contributed by atoms with Crippen LogP contribution >= 0.6 is 0 Å². The third kappa shape index (κ3) is 4.51. The van der Waals surface area contributed by atoms with Gasteiger partial charge in [0.25, 0.3) is 5.91 Å². The monoisotopic (exact) mass is 311 g/mol. The quantitative estimate of drug-likeness (QED) is 0.796. The second-order valence-corrected chi connectivity index (χ2v) is 6.00. The molecule has 2 heterocycles. The molecule has 7 heteroatoms. The minimum absolute atomic E-state index is 0.0201. The highest BCUT2D eigenvalue weighted by atomic mass is 16.5. The predicted molar refractivity (Wildman–Crippen MR) is 79.2 cm³/mol. The Morgan fingerprint density at radius 1 is 1.41 bits per heavy atom. The molecule has 1 aromatic heterocycles. The lowest BCUT2D eigenvalue weighted by Gasteiger charge is -2.32. The number of aryl methyl sites for hydroxylation is 1. The van der Waals surface area contributed by atoms with Crippen molar-refractivity contribution in [3.63, 3.8) is 0 Å². The summed E-state index contributed by atoms with van der Waals surface area (Å²) in [5.74, 6) is 1.46. The van der Waals surface area contributed by atoms with E-state index < -0.39 is 6.10 Å². The van der Waals surface area contributed by atoms with Gasteiger partial charge in [-0.1, -0.05) is 13.8 Å². The molecule has 0 spiro atoms. The summed E-state index contributed by atoms with van der Waals surface area (Å²) in [6.07, 6.45) is 0.147. The second kappa shape index (κ2) is 7.69. The van der Waals surface area contributed by atoms with E-state index >= 15 is 0 Å². The van der Waals surface area contributed by atoms with E-state index in [4.69, 9.17) is 13.9 Å². The molecular formula is C15H25N3O4. The van der Waals surface area contributed by atoms with Gasteiger partial charge in [0.05, 0.1) is 13.2 Å². The third-order valence-electron chi connectivity index (χ3n) is 3.61. The molecule has 0 aliphatic carbocycles. The Balaban J connectivity index is 1.87. The second-order valence-electron chi connectivity index (χ2n) is 6.00. The van der Waals surface area contributed by atoms with E-state index in [0.717, 1.165) is 6.42 Å². The zero-order chi connectivity index (χ0) is 16.1. The Morgan fingerprint density at radius 3 is 2.82 bits per heavy atom. The van der Waals surface area contributed by atoms with Gasteiger partial charge in [-0.3, -0.25) is 4.79 Å². The maximum absolute atomic E-state index is 12.4. The first-order chi connectivity index (χ1) is 10.5. The molecule has 1 aliphatic rings. The molecule has 0 saturated carbocycles. The van der Waals surface area contributed by atoms with E-state index in [-0.39, 0.29) is 12.0 Å². The lowest BCUT2D eigenvalue weighted by Crippen LogP contribution is -2.46. The number of morpholine rings is 1. The van der Waals surface area contributed by atoms with Crippen LogP contribution in [0, 0.1) is 12.8 Å². The third-order valence-corrected chi connectivity index (χ3v) is 3.61. The number of nitrogens with zero attached hydrogens (tertiary/aromatic N) is 3. The molecule has 7 nitrogen and oxygen atoms in total. The Kier molecular flexibility index (Phi) is 5.90. The maximum atomic E-state index is 12.4. The maximum Gasteiger partial charge on any atom is 0.251 e. The minimum Gasteiger partial charge on any atom is -0.423 e. The molecule has 0 bridgehead atoms. The van der Waals surface area contributed by atoms with Crippen molar-refractivity contribution in [1.82, 2.24) is 15.1 Å². The highest BCUT2D eigenvalue weighted by Crippen LogP contribution is 2.21. The van der Waals surface area contributed by atoms with Crippen molar-refractivity contribution in [3.05, 3.63) is 11.8 Å². The lowest BCUT2D eigenvalue weighted by molar-refractivity contribution is -0.151. The number of carbonyl (C=O) groups is 1. The molecule has 0 unspecified atom stereocenters. The van der Waals surface area contributed by atoms with Crippen molar-refractivity contribution in [2.45, 2.75) is 46.3 Å². The summed E-state index contributed by atoms with van der Waals surface area (Å²) in [5, 5.41) is 7.77. The predicted octanol–water partition coefficient (Wildman–Crippen LogP) is 1.73. The van der Waals surface area contributed by atoms with Gasteiger partial charge in [0.2, 0.25) is 11.8 Å². The molecule has 2 rings (SSSR count). The van der Waals surface area contributed by atoms with E-state index in [0.29, 0.717) is 44.0 Å². The first-order valence-corrected chi connectivity index (χ1v) is 7.79. The summed E-state index contributed by atoms with van der Waals surface area (Å²) in [6.45, 7) is 9.82. The number of carbonyl (C=O) groups excluding carboxylic acids is 1. The molecule has 124 valence electrons. The summed E-state index contributed by atoms with van der Waals surface area (Å²) in [4.78, 5) is 14.2. The van der Waals surface area contributed by atoms with Crippen LogP contribution < -0.4 is 0 Å². The summed E-state index contributed by atoms with van der Waals surface area (Å²) < 4.78 is 16.6. The van der Waals surface area contributed by atoms with E-state index in [1.165, 1.54) is 0 Å². The average molecular weight is 311 g/mol. The number of hydrogen-bond donors (Lipinski definition) is 0. The van der Waals surface area contributed by atoms with Crippen LogP contribution in [-0.2, 0) is 14.3 Å². The Labute approximate surface area is 131 Å². The van der Waals surface area contributed by atoms with Gasteiger partial charge in [-0.25, -0.2) is 0 Å². The smallest absolute Gasteiger partial charge is 0.251 e. The Hall–Kier alpha value is -1.47. The fraction of sp³-hybridized carbons (Fsp3) is 0.800. The molecule has 1 aromatic rings. The van der Waals surface area contributed by atoms with Gasteiger partial charge < -0.3 is 18.8 Å². The average Bonchev–Trinajstić information content (AvgIpc) is 2.92. The number of amides is 1. The summed E-state index contributed by atoms with van der Waals surface area (Å²) >= 11 is 0. The molecule has 2 atom stereocenters. The van der Waals surface area contributed by atoms with Crippen molar-refractivity contribution in [2.75, 3.05) is 26.3 Å². The van der Waals surface area contributed by atoms with Crippen LogP contribution in [-0.4, -0.2) is 53.4 Å². The van der Waals surface area contributed by atoms with Gasteiger partial charge in [-0.15, -0.1) is 10.2 Å². The molecular weight excluding hydrogens is 286 g/mol. The number of hydrogen-bond acceptors (Lipinski definition) is 6. The van der Waals surface area contributed by atoms with Crippen LogP contribution in [0.5, 0.6) is 0 Å². The van der Waals surface area contributed by atoms with Gasteiger partial charge in [-0.2, -0.15) is 0 Å². The Morgan fingerprint density at radius 2 is 2.18 bits per heavy atom. The molecule has 1 aliphatic heterocycles. The number of ether oxygens (including phenoxy) is 2. The van der Waals surface area contributed by atoms with E-state index in [2.05, 4.69) is 24.0 Å². The van der Waals surface area contributed by atoms with Gasteiger partial charge >= 0.3 is 0 Å². The normalized spacial score (nSPS) is 20.4. The van der Waals surface area contributed by atoms with Crippen molar-refractivity contribution < 1.29 is 18.7 Å². The molecule has 1 fully saturated rings. The highest BCUT2D eigenvalue weighted by Gasteiger charge is 2.31. The van der Waals surface area contributed by atoms with Crippen LogP contribution in [0.4, 0.5) is 0 Å². The first kappa shape index (κ1) is 16.9. The topological polar surface area (TPSA) is 77.7 Å². The van der Waals surface area contributed by atoms with Crippen molar-refractivity contribution in [1.29, 1.82) is 0 Å². The molecule has 22 heavy (non-hydrogen) atoms. The van der Waals surface area contributed by atoms with E-state index in [1.807, 2.05) is 0 Å². The zero-order valence-electron chi connectivity index (χ0n) is 13.7. The van der Waals surface area contributed by atoms with Crippen LogP contribution in [0.1, 0.15) is 45.1 Å². The van der Waals surface area contributed by atoms with Gasteiger partial charge in [-0.05, 0) is 19.3 Å². The standard InChI is InChI=1S/C15H25N3O4/c1-10(2)5-7-20-11(3)15(19)18-6-8-21-13(9-18)14-17-16-12(4)22-14/h10-11,13H,5-9H2,1-4H3/t11-,13-/m1/s1. The number of aromatic nitrogens is 2. The fourth-order valence-electron chi connectivity index (χ4n) is 2.25. The molecule has 0 N–H and O–H groups in total. The van der Waals surface area contributed by atoms with Crippen LogP contribution in [0.2, 0.25) is 0 Å². The number of rotatable bonds is 6. The fourth-order valence-corrected chi connectivity index (χ4v) is 2.25. The van der Waals surface area contributed by atoms with Gasteiger partial charge in [0.15, 0.2) is 6.10 Å². The zero-order valence-corrected chi connectivity index (χ0v) is 13.7. The lowest BCUT2D eigenvalue weighted by atomic mass is 10.1. The summed E-state index contributed by atoms with van der Waals surface area (Å²) in [5.41, 5.74) is 0. The SMILES string of the molecule is Cc1nnc([C@H]2CN(C(=O)[C@@H](C)OCCC(C)C)CCO2)o1. The molecule has 1 amide bonds. The minimum atomic E-state index is -0.443. The van der Waals surface area contributed by atoms with Crippen molar-refractivity contribution >= 4 is 5.91 Å².